The van der Waals surface area contributed by atoms with Crippen LogP contribution < -0.4 is 5.32 Å². The normalized spacial score (nSPS) is 10.0. The Labute approximate surface area is 121 Å². The second-order valence-electron chi connectivity index (χ2n) is 3.33. The van der Waals surface area contributed by atoms with E-state index in [1.807, 2.05) is 24.3 Å². The number of hydrogen-bond acceptors (Lipinski definition) is 2. The molecule has 0 fully saturated rings. The molecule has 17 heavy (non-hydrogen) atoms. The molecule has 1 amide bonds. The van der Waals surface area contributed by atoms with Gasteiger partial charge in [0, 0.05) is 19.9 Å². The Morgan fingerprint density at radius 3 is 2.76 bits per heavy atom. The first-order chi connectivity index (χ1) is 8.15. The van der Waals surface area contributed by atoms with E-state index in [0.717, 1.165) is 13.7 Å². The summed E-state index contributed by atoms with van der Waals surface area (Å²) in [4.78, 5) is 15.9. The largest absolute Gasteiger partial charge is 0.321 e. The van der Waals surface area contributed by atoms with Crippen LogP contribution in [0.1, 0.15) is 10.5 Å². The number of nitrogens with zero attached hydrogens (tertiary/aromatic N) is 1. The number of aromatic nitrogens is 1. The highest BCUT2D eigenvalue weighted by atomic mass is 127. The number of pyridine rings is 1. The van der Waals surface area contributed by atoms with E-state index in [9.17, 15) is 4.79 Å². The third-order valence-electron chi connectivity index (χ3n) is 2.04. The third kappa shape index (κ3) is 3.50. The Morgan fingerprint density at radius 1 is 1.29 bits per heavy atom. The first-order valence-electron chi connectivity index (χ1n) is 4.83. The lowest BCUT2D eigenvalue weighted by molar-refractivity contribution is 0.102. The maximum atomic E-state index is 11.8. The zero-order chi connectivity index (χ0) is 12.3. The number of halogens is 2. The zero-order valence-corrected chi connectivity index (χ0v) is 12.4. The van der Waals surface area contributed by atoms with Gasteiger partial charge in [0.05, 0.1) is 0 Å². The van der Waals surface area contributed by atoms with Gasteiger partial charge in [-0.25, -0.2) is 4.98 Å². The van der Waals surface area contributed by atoms with Gasteiger partial charge < -0.3 is 5.32 Å². The molecule has 0 radical (unpaired) electrons. The van der Waals surface area contributed by atoms with Crippen molar-refractivity contribution in [3.05, 3.63) is 56.3 Å². The van der Waals surface area contributed by atoms with Crippen LogP contribution >= 0.6 is 38.5 Å². The summed E-state index contributed by atoms with van der Waals surface area (Å²) in [6, 6.07) is 11.1. The Kier molecular flexibility index (Phi) is 4.11. The zero-order valence-electron chi connectivity index (χ0n) is 8.65. The quantitative estimate of drug-likeness (QED) is 0.778. The van der Waals surface area contributed by atoms with E-state index >= 15 is 0 Å². The molecule has 86 valence electrons. The van der Waals surface area contributed by atoms with E-state index in [4.69, 9.17) is 0 Å². The predicted molar refractivity (Wildman–Crippen MR) is 79.0 cm³/mol. The monoisotopic (exact) mass is 402 g/mol. The average Bonchev–Trinajstić information content (AvgIpc) is 2.29. The number of nitrogens with one attached hydrogen (secondary N) is 1. The molecule has 5 heteroatoms. The summed E-state index contributed by atoms with van der Waals surface area (Å²) in [5.41, 5.74) is 1.17. The molecule has 1 aromatic carbocycles. The second kappa shape index (κ2) is 5.59. The molecule has 1 heterocycles. The molecular formula is C12H8BrIN2O. The SMILES string of the molecule is O=C(Nc1cccc(I)c1)c1ccc(Br)cn1. The van der Waals surface area contributed by atoms with Crippen LogP contribution in [0.2, 0.25) is 0 Å². The number of anilines is 1. The number of benzene rings is 1. The topological polar surface area (TPSA) is 42.0 Å². The van der Waals surface area contributed by atoms with Crippen molar-refractivity contribution in [3.63, 3.8) is 0 Å². The van der Waals surface area contributed by atoms with Gasteiger partial charge >= 0.3 is 0 Å². The minimum absolute atomic E-state index is 0.209. The predicted octanol–water partition coefficient (Wildman–Crippen LogP) is 3.70. The van der Waals surface area contributed by atoms with Crippen LogP contribution in [0.3, 0.4) is 0 Å². The maximum absolute atomic E-state index is 11.8. The van der Waals surface area contributed by atoms with Crippen LogP contribution in [0.15, 0.2) is 47.1 Å². The number of carbonyl (C=O) groups is 1. The van der Waals surface area contributed by atoms with Gasteiger partial charge in [0.15, 0.2) is 0 Å². The molecule has 1 aromatic heterocycles. The van der Waals surface area contributed by atoms with Gasteiger partial charge in [-0.15, -0.1) is 0 Å². The van der Waals surface area contributed by atoms with Crippen LogP contribution in [0.5, 0.6) is 0 Å². The van der Waals surface area contributed by atoms with E-state index in [0.29, 0.717) is 5.69 Å². The van der Waals surface area contributed by atoms with Gasteiger partial charge in [-0.3, -0.25) is 4.79 Å². The molecule has 0 spiro atoms. The fraction of sp³-hybridized carbons (Fsp3) is 0. The van der Waals surface area contributed by atoms with Crippen LogP contribution in [0.25, 0.3) is 0 Å². The van der Waals surface area contributed by atoms with Crippen LogP contribution in [0.4, 0.5) is 5.69 Å². The van der Waals surface area contributed by atoms with Crippen molar-refractivity contribution in [3.8, 4) is 0 Å². The lowest BCUT2D eigenvalue weighted by Crippen LogP contribution is -2.13. The number of amides is 1. The van der Waals surface area contributed by atoms with Crippen molar-refractivity contribution >= 4 is 50.1 Å². The maximum Gasteiger partial charge on any atom is 0.274 e. The number of rotatable bonds is 2. The molecule has 0 aliphatic carbocycles. The van der Waals surface area contributed by atoms with Crippen molar-refractivity contribution in [1.29, 1.82) is 0 Å². The Morgan fingerprint density at radius 2 is 2.12 bits per heavy atom. The van der Waals surface area contributed by atoms with Gasteiger partial charge in [0.25, 0.3) is 5.91 Å². The van der Waals surface area contributed by atoms with Crippen LogP contribution in [-0.4, -0.2) is 10.9 Å². The molecular weight excluding hydrogens is 395 g/mol. The third-order valence-corrected chi connectivity index (χ3v) is 3.18. The standard InChI is InChI=1S/C12H8BrIN2O/c13-8-4-5-11(15-7-8)12(17)16-10-3-1-2-9(14)6-10/h1-7H,(H,16,17). The molecule has 1 N–H and O–H groups in total. The number of hydrogen-bond donors (Lipinski definition) is 1. The summed E-state index contributed by atoms with van der Waals surface area (Å²) in [6.45, 7) is 0. The summed E-state index contributed by atoms with van der Waals surface area (Å²) in [5, 5.41) is 2.80. The molecule has 0 unspecified atom stereocenters. The summed E-state index contributed by atoms with van der Waals surface area (Å²) in [5.74, 6) is -0.209. The highest BCUT2D eigenvalue weighted by Crippen LogP contribution is 2.14. The van der Waals surface area contributed by atoms with Gasteiger partial charge in [-0.05, 0) is 68.9 Å². The van der Waals surface area contributed by atoms with Crippen molar-refractivity contribution in [2.24, 2.45) is 0 Å². The average molecular weight is 403 g/mol. The molecule has 2 aromatic rings. The molecule has 3 nitrogen and oxygen atoms in total. The van der Waals surface area contributed by atoms with Gasteiger partial charge in [0.2, 0.25) is 0 Å². The molecule has 0 atom stereocenters. The molecule has 2 rings (SSSR count). The summed E-state index contributed by atoms with van der Waals surface area (Å²) >= 11 is 5.47. The number of carbonyl (C=O) groups excluding carboxylic acids is 1. The first kappa shape index (κ1) is 12.5. The van der Waals surface area contributed by atoms with Crippen molar-refractivity contribution in [1.82, 2.24) is 4.98 Å². The van der Waals surface area contributed by atoms with Gasteiger partial charge in [0.1, 0.15) is 5.69 Å². The summed E-state index contributed by atoms with van der Waals surface area (Å²) in [7, 11) is 0. The molecule has 0 aliphatic rings. The first-order valence-corrected chi connectivity index (χ1v) is 6.71. The second-order valence-corrected chi connectivity index (χ2v) is 5.49. The smallest absolute Gasteiger partial charge is 0.274 e. The fourth-order valence-electron chi connectivity index (χ4n) is 1.27. The Balaban J connectivity index is 2.14. The van der Waals surface area contributed by atoms with E-state index < -0.39 is 0 Å². The fourth-order valence-corrected chi connectivity index (χ4v) is 2.05. The van der Waals surface area contributed by atoms with Crippen molar-refractivity contribution in [2.75, 3.05) is 5.32 Å². The Bertz CT molecular complexity index is 542. The minimum Gasteiger partial charge on any atom is -0.321 e. The van der Waals surface area contributed by atoms with Crippen molar-refractivity contribution in [2.45, 2.75) is 0 Å². The Hall–Kier alpha value is -0.950. The van der Waals surface area contributed by atoms with E-state index in [2.05, 4.69) is 48.8 Å². The van der Waals surface area contributed by atoms with Gasteiger partial charge in [-0.1, -0.05) is 6.07 Å². The van der Waals surface area contributed by atoms with E-state index in [-0.39, 0.29) is 5.91 Å². The molecule has 0 bridgehead atoms. The van der Waals surface area contributed by atoms with Crippen LogP contribution in [-0.2, 0) is 0 Å². The minimum atomic E-state index is -0.209. The molecule has 0 saturated heterocycles. The van der Waals surface area contributed by atoms with Crippen molar-refractivity contribution < 1.29 is 4.79 Å². The highest BCUT2D eigenvalue weighted by Gasteiger charge is 2.07. The molecule has 0 saturated carbocycles. The highest BCUT2D eigenvalue weighted by molar-refractivity contribution is 14.1. The summed E-state index contributed by atoms with van der Waals surface area (Å²) < 4.78 is 1.92. The molecule has 0 aliphatic heterocycles. The van der Waals surface area contributed by atoms with Gasteiger partial charge in [-0.2, -0.15) is 0 Å². The van der Waals surface area contributed by atoms with E-state index in [1.54, 1.807) is 18.3 Å². The summed E-state index contributed by atoms with van der Waals surface area (Å²) in [6.07, 6.45) is 1.60. The lowest BCUT2D eigenvalue weighted by atomic mass is 10.3. The van der Waals surface area contributed by atoms with E-state index in [1.165, 1.54) is 0 Å². The lowest BCUT2D eigenvalue weighted by Gasteiger charge is -2.04. The van der Waals surface area contributed by atoms with Crippen LogP contribution in [0, 0.1) is 3.57 Å².